The molecule has 54 heavy (non-hydrogen) atoms. The van der Waals surface area contributed by atoms with Gasteiger partial charge in [0.1, 0.15) is 0 Å². The molecule has 0 amide bonds. The van der Waals surface area contributed by atoms with Crippen LogP contribution in [0.5, 0.6) is 0 Å². The van der Waals surface area contributed by atoms with Gasteiger partial charge in [0, 0.05) is 5.41 Å². The summed E-state index contributed by atoms with van der Waals surface area (Å²) in [7, 11) is 0. The molecule has 0 fully saturated rings. The first kappa shape index (κ1) is 31.1. The van der Waals surface area contributed by atoms with Crippen molar-refractivity contribution in [1.82, 2.24) is 0 Å². The van der Waals surface area contributed by atoms with Gasteiger partial charge in [0.25, 0.3) is 0 Å². The Labute approximate surface area is 317 Å². The molecule has 9 aromatic carbocycles. The van der Waals surface area contributed by atoms with Gasteiger partial charge in [-0.1, -0.05) is 196 Å². The highest BCUT2D eigenvalue weighted by molar-refractivity contribution is 6.14. The van der Waals surface area contributed by atoms with Gasteiger partial charge in [0.15, 0.2) is 0 Å². The van der Waals surface area contributed by atoms with Crippen molar-refractivity contribution >= 4 is 21.5 Å². The van der Waals surface area contributed by atoms with Crippen LogP contribution in [0.15, 0.2) is 194 Å². The van der Waals surface area contributed by atoms with Crippen LogP contribution in [0.1, 0.15) is 47.2 Å². The van der Waals surface area contributed by atoms with Crippen molar-refractivity contribution in [3.8, 4) is 44.5 Å². The topological polar surface area (TPSA) is 0 Å². The maximum absolute atomic E-state index is 2.58. The lowest BCUT2D eigenvalue weighted by atomic mass is 9.55. The van der Waals surface area contributed by atoms with E-state index in [0.29, 0.717) is 0 Å². The van der Waals surface area contributed by atoms with Crippen LogP contribution in [0.25, 0.3) is 66.1 Å². The molecule has 0 nitrogen and oxygen atoms in total. The Balaban J connectivity index is 1.30. The number of benzene rings is 9. The zero-order valence-corrected chi connectivity index (χ0v) is 30.5. The minimum Gasteiger partial charge on any atom is -0.0622 e. The predicted octanol–water partition coefficient (Wildman–Crippen LogP) is 14.0. The van der Waals surface area contributed by atoms with Crippen LogP contribution < -0.4 is 0 Å². The standard InChI is InChI=1S/C54H38/c1-53(2)46-27-11-13-29-48(46)54(49-30-14-12-28-47(49)53)50-33-37(35-17-5-3-6-18-35)31-32-44(50)52-43-22-10-9-21-42(43)45(34-51(52)54)41-26-16-24-39-38(23-15-25-40(39)41)36-19-7-4-8-20-36/h3-34H,1-2H3. The lowest BCUT2D eigenvalue weighted by molar-refractivity contribution is 0.563. The van der Waals surface area contributed by atoms with Gasteiger partial charge in [-0.3, -0.25) is 0 Å². The third-order valence-electron chi connectivity index (χ3n) is 12.6. The van der Waals surface area contributed by atoms with E-state index in [4.69, 9.17) is 0 Å². The summed E-state index contributed by atoms with van der Waals surface area (Å²) in [6.07, 6.45) is 0. The van der Waals surface area contributed by atoms with Gasteiger partial charge in [0.05, 0.1) is 5.41 Å². The zero-order valence-electron chi connectivity index (χ0n) is 30.5. The maximum Gasteiger partial charge on any atom is 0.0720 e. The molecule has 1 spiro atoms. The normalized spacial score (nSPS) is 14.4. The number of hydrogen-bond acceptors (Lipinski definition) is 0. The molecule has 0 heteroatoms. The first-order valence-electron chi connectivity index (χ1n) is 19.1. The molecule has 0 N–H and O–H groups in total. The third kappa shape index (κ3) is 4.14. The lowest BCUT2D eigenvalue weighted by Crippen LogP contribution is -2.40. The van der Waals surface area contributed by atoms with E-state index in [2.05, 4.69) is 208 Å². The smallest absolute Gasteiger partial charge is 0.0622 e. The summed E-state index contributed by atoms with van der Waals surface area (Å²) >= 11 is 0. The van der Waals surface area contributed by atoms with E-state index >= 15 is 0 Å². The molecular formula is C54H38. The number of rotatable bonds is 3. The van der Waals surface area contributed by atoms with E-state index in [1.807, 2.05) is 0 Å². The minimum atomic E-state index is -0.517. The second-order valence-electron chi connectivity index (χ2n) is 15.6. The molecule has 9 aromatic rings. The van der Waals surface area contributed by atoms with Crippen molar-refractivity contribution in [2.24, 2.45) is 0 Å². The first-order valence-corrected chi connectivity index (χ1v) is 19.1. The van der Waals surface area contributed by atoms with Crippen molar-refractivity contribution in [3.05, 3.63) is 228 Å². The molecule has 0 saturated heterocycles. The molecule has 0 atom stereocenters. The van der Waals surface area contributed by atoms with Gasteiger partial charge in [-0.15, -0.1) is 0 Å². The highest BCUT2D eigenvalue weighted by Crippen LogP contribution is 2.64. The van der Waals surface area contributed by atoms with E-state index in [9.17, 15) is 0 Å². The zero-order chi connectivity index (χ0) is 36.0. The molecule has 0 aromatic heterocycles. The highest BCUT2D eigenvalue weighted by atomic mass is 14.5. The van der Waals surface area contributed by atoms with Crippen LogP contribution in [0, 0.1) is 0 Å². The molecule has 0 unspecified atom stereocenters. The van der Waals surface area contributed by atoms with Gasteiger partial charge in [0.2, 0.25) is 0 Å². The van der Waals surface area contributed by atoms with Gasteiger partial charge < -0.3 is 0 Å². The van der Waals surface area contributed by atoms with Crippen LogP contribution in [-0.4, -0.2) is 0 Å². The largest absolute Gasteiger partial charge is 0.0720 e. The molecule has 11 rings (SSSR count). The molecule has 254 valence electrons. The van der Waals surface area contributed by atoms with Crippen molar-refractivity contribution < 1.29 is 0 Å². The Hall–Kier alpha value is -6.50. The summed E-state index contributed by atoms with van der Waals surface area (Å²) in [6, 6.07) is 72.8. The quantitative estimate of drug-likeness (QED) is 0.174. The van der Waals surface area contributed by atoms with Crippen LogP contribution in [-0.2, 0) is 10.8 Å². The molecule has 0 aliphatic heterocycles. The van der Waals surface area contributed by atoms with Gasteiger partial charge in [-0.25, -0.2) is 0 Å². The Morgan fingerprint density at radius 3 is 1.44 bits per heavy atom. The van der Waals surface area contributed by atoms with Crippen molar-refractivity contribution in [1.29, 1.82) is 0 Å². The molecular weight excluding hydrogens is 649 g/mol. The van der Waals surface area contributed by atoms with Gasteiger partial charge in [-0.05, 0) is 112 Å². The monoisotopic (exact) mass is 686 g/mol. The predicted molar refractivity (Wildman–Crippen MR) is 227 cm³/mol. The third-order valence-corrected chi connectivity index (χ3v) is 12.6. The number of hydrogen-bond donors (Lipinski definition) is 0. The van der Waals surface area contributed by atoms with E-state index in [-0.39, 0.29) is 5.41 Å². The van der Waals surface area contributed by atoms with Crippen molar-refractivity contribution in [2.45, 2.75) is 24.7 Å². The van der Waals surface area contributed by atoms with E-state index in [1.54, 1.807) is 0 Å². The fraction of sp³-hybridized carbons (Fsp3) is 0.0741. The lowest BCUT2D eigenvalue weighted by Gasteiger charge is -2.46. The molecule has 0 radical (unpaired) electrons. The van der Waals surface area contributed by atoms with E-state index < -0.39 is 5.41 Å². The maximum atomic E-state index is 2.58. The van der Waals surface area contributed by atoms with Crippen molar-refractivity contribution in [3.63, 3.8) is 0 Å². The Morgan fingerprint density at radius 2 is 0.778 bits per heavy atom. The molecule has 0 bridgehead atoms. The SMILES string of the molecule is CC1(C)c2ccccc2C2(c3cc(-c4ccccc4)ccc3-c3c2cc(-c2cccc4c(-c5ccccc5)cccc24)c2ccccc32)c2ccccc21. The Kier molecular flexibility index (Phi) is 6.61. The average Bonchev–Trinajstić information content (AvgIpc) is 3.53. The van der Waals surface area contributed by atoms with Crippen molar-refractivity contribution in [2.75, 3.05) is 0 Å². The highest BCUT2D eigenvalue weighted by Gasteiger charge is 2.54. The summed E-state index contributed by atoms with van der Waals surface area (Å²) in [4.78, 5) is 0. The second kappa shape index (κ2) is 11.5. The van der Waals surface area contributed by atoms with Crippen LogP contribution in [0.3, 0.4) is 0 Å². The van der Waals surface area contributed by atoms with Gasteiger partial charge >= 0.3 is 0 Å². The number of fused-ring (bicyclic) bond motifs is 12. The fourth-order valence-corrected chi connectivity index (χ4v) is 10.2. The van der Waals surface area contributed by atoms with E-state index in [0.717, 1.165) is 0 Å². The molecule has 2 aliphatic carbocycles. The van der Waals surface area contributed by atoms with E-state index in [1.165, 1.54) is 99.4 Å². The summed E-state index contributed by atoms with van der Waals surface area (Å²) in [5.41, 5.74) is 17.8. The molecule has 0 heterocycles. The molecule has 0 saturated carbocycles. The summed E-state index contributed by atoms with van der Waals surface area (Å²) in [5, 5.41) is 5.12. The minimum absolute atomic E-state index is 0.165. The van der Waals surface area contributed by atoms with Crippen LogP contribution in [0.4, 0.5) is 0 Å². The average molecular weight is 687 g/mol. The summed E-state index contributed by atoms with van der Waals surface area (Å²) in [5.74, 6) is 0. The molecule has 2 aliphatic rings. The fourth-order valence-electron chi connectivity index (χ4n) is 10.2. The Morgan fingerprint density at radius 1 is 0.278 bits per heavy atom. The first-order chi connectivity index (χ1) is 26.6. The van der Waals surface area contributed by atoms with Crippen LogP contribution >= 0.6 is 0 Å². The summed E-state index contributed by atoms with van der Waals surface area (Å²) < 4.78 is 0. The van der Waals surface area contributed by atoms with Crippen LogP contribution in [0.2, 0.25) is 0 Å². The summed E-state index contributed by atoms with van der Waals surface area (Å²) in [6.45, 7) is 4.81. The second-order valence-corrected chi connectivity index (χ2v) is 15.6. The Bertz CT molecular complexity index is 2900. The van der Waals surface area contributed by atoms with Gasteiger partial charge in [-0.2, -0.15) is 0 Å².